The van der Waals surface area contributed by atoms with Gasteiger partial charge in [-0.15, -0.1) is 0 Å². The fourth-order valence-corrected chi connectivity index (χ4v) is 1.49. The maximum atomic E-state index is 4.24. The van der Waals surface area contributed by atoms with Crippen LogP contribution < -0.4 is 5.44 Å². The third kappa shape index (κ3) is 2.00. The van der Waals surface area contributed by atoms with Gasteiger partial charge in [-0.25, -0.2) is 0 Å². The number of aromatic nitrogens is 1. The third-order valence-electron chi connectivity index (χ3n) is 2.17. The van der Waals surface area contributed by atoms with E-state index < -0.39 is 0 Å². The molecule has 1 unspecified atom stereocenters. The number of aryl methyl sites for hydroxylation is 1. The summed E-state index contributed by atoms with van der Waals surface area (Å²) in [5.74, 6) is 0. The molecular weight excluding hydrogens is 189 g/mol. The molecule has 1 aromatic carbocycles. The van der Waals surface area contributed by atoms with Crippen molar-refractivity contribution < 1.29 is 0 Å². The van der Waals surface area contributed by atoms with Gasteiger partial charge in [-0.2, -0.15) is 0 Å². The van der Waals surface area contributed by atoms with Crippen LogP contribution in [0.25, 0.3) is 11.1 Å². The van der Waals surface area contributed by atoms with E-state index in [0.717, 1.165) is 11.0 Å². The number of hydrogen-bond donors (Lipinski definition) is 0. The molecule has 0 saturated heterocycles. The first-order chi connectivity index (χ1) is 6.75. The van der Waals surface area contributed by atoms with Gasteiger partial charge < -0.3 is 0 Å². The average Bonchev–Trinajstić information content (AvgIpc) is 2.21. The molecule has 2 aromatic rings. The summed E-state index contributed by atoms with van der Waals surface area (Å²) in [5, 5.41) is 0. The lowest BCUT2D eigenvalue weighted by atomic mass is 10.1. The minimum Gasteiger partial charge on any atom is -0.256 e. The van der Waals surface area contributed by atoms with Crippen LogP contribution in [-0.2, 0) is 0 Å². The summed E-state index contributed by atoms with van der Waals surface area (Å²) in [4.78, 5) is 4.24. The predicted octanol–water partition coefficient (Wildman–Crippen LogP) is 2.56. The van der Waals surface area contributed by atoms with Crippen LogP contribution >= 0.6 is 9.24 Å². The van der Waals surface area contributed by atoms with Crippen molar-refractivity contribution in [1.29, 1.82) is 0 Å². The highest BCUT2D eigenvalue weighted by Gasteiger charge is 1.96. The zero-order chi connectivity index (χ0) is 9.97. The molecule has 0 N–H and O–H groups in total. The van der Waals surface area contributed by atoms with Crippen LogP contribution in [0.5, 0.6) is 0 Å². The first-order valence-corrected chi connectivity index (χ1v) is 5.12. The van der Waals surface area contributed by atoms with Gasteiger partial charge in [-0.3, -0.25) is 4.98 Å². The van der Waals surface area contributed by atoms with Crippen molar-refractivity contribution >= 4 is 14.7 Å². The molecular formula is C12H12NP. The first kappa shape index (κ1) is 9.36. The Kier molecular flexibility index (Phi) is 2.60. The maximum absolute atomic E-state index is 4.24. The molecule has 0 amide bonds. The highest BCUT2D eigenvalue weighted by atomic mass is 31.0. The fourth-order valence-electron chi connectivity index (χ4n) is 1.32. The smallest absolute Gasteiger partial charge is 0.0569 e. The molecule has 1 heterocycles. The van der Waals surface area contributed by atoms with E-state index >= 15 is 0 Å². The number of benzene rings is 1. The standard InChI is InChI=1S/C12H12NP/c1-9-2-4-10(5-3-9)11-6-7-12(14)13-8-11/h2-8H,14H2,1H3. The van der Waals surface area contributed by atoms with Crippen LogP contribution in [0.3, 0.4) is 0 Å². The Morgan fingerprint density at radius 1 is 0.929 bits per heavy atom. The lowest BCUT2D eigenvalue weighted by molar-refractivity contribution is 1.38. The normalized spacial score (nSPS) is 10.1. The Balaban J connectivity index is 2.40. The topological polar surface area (TPSA) is 12.9 Å². The number of pyridine rings is 1. The van der Waals surface area contributed by atoms with Crippen molar-refractivity contribution in [2.45, 2.75) is 6.92 Å². The summed E-state index contributed by atoms with van der Waals surface area (Å²) in [7, 11) is 2.59. The van der Waals surface area contributed by atoms with Crippen LogP contribution in [0.4, 0.5) is 0 Å². The Morgan fingerprint density at radius 2 is 1.57 bits per heavy atom. The van der Waals surface area contributed by atoms with Gasteiger partial charge in [0.1, 0.15) is 0 Å². The molecule has 0 saturated carbocycles. The highest BCUT2D eigenvalue weighted by molar-refractivity contribution is 7.26. The van der Waals surface area contributed by atoms with E-state index in [4.69, 9.17) is 0 Å². The third-order valence-corrected chi connectivity index (χ3v) is 2.51. The van der Waals surface area contributed by atoms with Crippen molar-refractivity contribution in [1.82, 2.24) is 4.98 Å². The molecule has 1 atom stereocenters. The average molecular weight is 201 g/mol. The van der Waals surface area contributed by atoms with Crippen molar-refractivity contribution in [3.05, 3.63) is 48.2 Å². The van der Waals surface area contributed by atoms with Crippen molar-refractivity contribution in [3.8, 4) is 11.1 Å². The Bertz CT molecular complexity index is 374. The second-order valence-electron chi connectivity index (χ2n) is 3.34. The van der Waals surface area contributed by atoms with Crippen molar-refractivity contribution in [3.63, 3.8) is 0 Å². The summed E-state index contributed by atoms with van der Waals surface area (Å²) in [6.07, 6.45) is 1.90. The molecule has 0 spiro atoms. The Morgan fingerprint density at radius 3 is 2.14 bits per heavy atom. The van der Waals surface area contributed by atoms with Gasteiger partial charge in [0.25, 0.3) is 0 Å². The van der Waals surface area contributed by atoms with Gasteiger partial charge in [-0.05, 0) is 18.6 Å². The van der Waals surface area contributed by atoms with E-state index in [0.29, 0.717) is 0 Å². The minimum atomic E-state index is 0.973. The number of nitrogens with zero attached hydrogens (tertiary/aromatic N) is 1. The summed E-state index contributed by atoms with van der Waals surface area (Å²) < 4.78 is 0. The van der Waals surface area contributed by atoms with Crippen LogP contribution in [0.2, 0.25) is 0 Å². The summed E-state index contributed by atoms with van der Waals surface area (Å²) in [6, 6.07) is 12.6. The molecule has 2 heteroatoms. The van der Waals surface area contributed by atoms with E-state index in [-0.39, 0.29) is 0 Å². The van der Waals surface area contributed by atoms with Crippen LogP contribution in [0.1, 0.15) is 5.56 Å². The van der Waals surface area contributed by atoms with E-state index in [1.807, 2.05) is 12.3 Å². The second-order valence-corrected chi connectivity index (χ2v) is 3.93. The lowest BCUT2D eigenvalue weighted by Crippen LogP contribution is -1.95. The number of hydrogen-bond acceptors (Lipinski definition) is 1. The van der Waals surface area contributed by atoms with Gasteiger partial charge in [0, 0.05) is 11.8 Å². The summed E-state index contributed by atoms with van der Waals surface area (Å²) in [6.45, 7) is 2.09. The van der Waals surface area contributed by atoms with E-state index in [1.165, 1.54) is 11.1 Å². The van der Waals surface area contributed by atoms with Gasteiger partial charge in [0.15, 0.2) is 0 Å². The largest absolute Gasteiger partial charge is 0.256 e. The van der Waals surface area contributed by atoms with Crippen molar-refractivity contribution in [2.24, 2.45) is 0 Å². The molecule has 1 aromatic heterocycles. The minimum absolute atomic E-state index is 0.973. The molecule has 1 nitrogen and oxygen atoms in total. The monoisotopic (exact) mass is 201 g/mol. The quantitative estimate of drug-likeness (QED) is 0.646. The Hall–Kier alpha value is -1.20. The lowest BCUT2D eigenvalue weighted by Gasteiger charge is -2.01. The van der Waals surface area contributed by atoms with Gasteiger partial charge in [0.05, 0.1) is 5.44 Å². The molecule has 14 heavy (non-hydrogen) atoms. The molecule has 0 bridgehead atoms. The van der Waals surface area contributed by atoms with Crippen LogP contribution in [0, 0.1) is 6.92 Å². The molecule has 0 aliphatic carbocycles. The van der Waals surface area contributed by atoms with Gasteiger partial charge in [0.2, 0.25) is 0 Å². The summed E-state index contributed by atoms with van der Waals surface area (Å²) >= 11 is 0. The molecule has 70 valence electrons. The van der Waals surface area contributed by atoms with Gasteiger partial charge in [-0.1, -0.05) is 45.1 Å². The maximum Gasteiger partial charge on any atom is 0.0569 e. The van der Waals surface area contributed by atoms with Gasteiger partial charge >= 0.3 is 0 Å². The van der Waals surface area contributed by atoms with Crippen LogP contribution in [0.15, 0.2) is 42.6 Å². The number of rotatable bonds is 1. The van der Waals surface area contributed by atoms with E-state index in [2.05, 4.69) is 51.5 Å². The summed E-state index contributed by atoms with van der Waals surface area (Å²) in [5.41, 5.74) is 4.63. The zero-order valence-corrected chi connectivity index (χ0v) is 9.22. The molecule has 2 rings (SSSR count). The van der Waals surface area contributed by atoms with E-state index in [1.54, 1.807) is 0 Å². The molecule has 0 fully saturated rings. The predicted molar refractivity (Wildman–Crippen MR) is 63.8 cm³/mol. The molecule has 0 aliphatic heterocycles. The SMILES string of the molecule is Cc1ccc(-c2ccc(P)nc2)cc1. The fraction of sp³-hybridized carbons (Fsp3) is 0.0833. The van der Waals surface area contributed by atoms with Crippen molar-refractivity contribution in [2.75, 3.05) is 0 Å². The second kappa shape index (κ2) is 3.89. The highest BCUT2D eigenvalue weighted by Crippen LogP contribution is 2.17. The molecule has 0 aliphatic rings. The first-order valence-electron chi connectivity index (χ1n) is 4.54. The molecule has 0 radical (unpaired) electrons. The van der Waals surface area contributed by atoms with Crippen LogP contribution in [-0.4, -0.2) is 4.98 Å². The van der Waals surface area contributed by atoms with E-state index in [9.17, 15) is 0 Å². The Labute approximate surface area is 86.4 Å². The zero-order valence-electron chi connectivity index (χ0n) is 8.07.